The molecule has 0 spiro atoms. The van der Waals surface area contributed by atoms with Crippen LogP contribution in [0, 0.1) is 0 Å². The first-order valence-electron chi connectivity index (χ1n) is 16.5. The zero-order chi connectivity index (χ0) is 32.1. The molecule has 3 heterocycles. The van der Waals surface area contributed by atoms with Crippen LogP contribution in [0.3, 0.4) is 0 Å². The second-order valence-electron chi connectivity index (χ2n) is 12.9. The molecule has 0 unspecified atom stereocenters. The van der Waals surface area contributed by atoms with E-state index < -0.39 is 5.54 Å². The van der Waals surface area contributed by atoms with Crippen LogP contribution < -0.4 is 4.90 Å². The minimum Gasteiger partial charge on any atom is -0.299 e. The lowest BCUT2D eigenvalue weighted by Gasteiger charge is -2.45. The predicted molar refractivity (Wildman–Crippen MR) is 200 cm³/mol. The monoisotopic (exact) mass is 620 g/mol. The molecule has 0 saturated carbocycles. The highest BCUT2D eigenvalue weighted by molar-refractivity contribution is 7.26. The normalized spacial score (nSPS) is 14.2. The van der Waals surface area contributed by atoms with E-state index in [4.69, 9.17) is 11.3 Å². The van der Waals surface area contributed by atoms with E-state index in [2.05, 4.69) is 116 Å². The number of hydrogen-bond acceptors (Lipinski definition) is 4. The lowest BCUT2D eigenvalue weighted by molar-refractivity contribution is 0.525. The number of rotatable bonds is 2. The van der Waals surface area contributed by atoms with Gasteiger partial charge in [0.05, 0.1) is 28.5 Å². The maximum atomic E-state index is 8.13. The summed E-state index contributed by atoms with van der Waals surface area (Å²) in [6, 6.07) is 47.5. The second kappa shape index (κ2) is 9.71. The Kier molecular flexibility index (Phi) is 5.29. The van der Waals surface area contributed by atoms with Gasteiger partial charge in [0.15, 0.2) is 0 Å². The van der Waals surface area contributed by atoms with Crippen LogP contribution in [0.5, 0.6) is 0 Å². The minimum atomic E-state index is -0.511. The standard InChI is InChI=1S/C43H29N3S/c1-43(2)34-25-28-17-7-6-16-27(28)24-33(34)37-29-18-8-9-19-30(29)38-32-21-11-13-23-36(32)47-41(38)40(37)46(43)42-44-35-22-12-10-20-31(35)39(45-42)26-14-4-3-5-15-26/h3-25H,1-2H3/i3D. The van der Waals surface area contributed by atoms with Crippen molar-refractivity contribution in [2.45, 2.75) is 19.4 Å². The van der Waals surface area contributed by atoms with E-state index in [1.807, 2.05) is 47.7 Å². The van der Waals surface area contributed by atoms with Gasteiger partial charge in [-0.15, -0.1) is 11.3 Å². The fourth-order valence-corrected chi connectivity index (χ4v) is 9.02. The van der Waals surface area contributed by atoms with Crippen molar-refractivity contribution in [2.24, 2.45) is 0 Å². The quantitative estimate of drug-likeness (QED) is 0.193. The summed E-state index contributed by atoms with van der Waals surface area (Å²) in [6.45, 7) is 4.62. The SMILES string of the molecule is [2H]c1ccc(-c2nc(N3c4c(c5ccccc5c5c4sc4ccccc45)-c4cc5ccccc5cc4C3(C)C)nc3ccccc23)cc1. The number of fused-ring (bicyclic) bond motifs is 12. The van der Waals surface area contributed by atoms with Crippen molar-refractivity contribution in [2.75, 3.05) is 4.90 Å². The number of hydrogen-bond donors (Lipinski definition) is 0. The summed E-state index contributed by atoms with van der Waals surface area (Å²) in [7, 11) is 0. The summed E-state index contributed by atoms with van der Waals surface area (Å²) in [4.78, 5) is 13.2. The fraction of sp³-hybridized carbons (Fsp3) is 0.0698. The average Bonchev–Trinajstić information content (AvgIpc) is 3.51. The van der Waals surface area contributed by atoms with Gasteiger partial charge >= 0.3 is 0 Å². The molecular weight excluding hydrogens is 591 g/mol. The molecule has 7 aromatic carbocycles. The fourth-order valence-electron chi connectivity index (χ4n) is 7.76. The Morgan fingerprint density at radius 2 is 1.32 bits per heavy atom. The van der Waals surface area contributed by atoms with Crippen LogP contribution in [-0.2, 0) is 5.54 Å². The highest BCUT2D eigenvalue weighted by Gasteiger charge is 2.42. The Labute approximate surface area is 277 Å². The zero-order valence-electron chi connectivity index (χ0n) is 27.0. The van der Waals surface area contributed by atoms with Crippen molar-refractivity contribution in [1.29, 1.82) is 0 Å². The lowest BCUT2D eigenvalue weighted by Crippen LogP contribution is -2.42. The van der Waals surface area contributed by atoms with Crippen LogP contribution >= 0.6 is 11.3 Å². The number of aromatic nitrogens is 2. The molecule has 0 fully saturated rings. The summed E-state index contributed by atoms with van der Waals surface area (Å²) in [5.41, 5.74) is 7.10. The van der Waals surface area contributed by atoms with Gasteiger partial charge in [-0.2, -0.15) is 0 Å². The summed E-state index contributed by atoms with van der Waals surface area (Å²) >= 11 is 1.86. The Morgan fingerprint density at radius 1 is 0.660 bits per heavy atom. The predicted octanol–water partition coefficient (Wildman–Crippen LogP) is 12.0. The molecule has 2 aromatic heterocycles. The number of anilines is 2. The molecule has 0 atom stereocenters. The van der Waals surface area contributed by atoms with Crippen molar-refractivity contribution in [3.63, 3.8) is 0 Å². The Morgan fingerprint density at radius 3 is 2.13 bits per heavy atom. The van der Waals surface area contributed by atoms with E-state index in [1.165, 1.54) is 58.4 Å². The maximum absolute atomic E-state index is 8.13. The van der Waals surface area contributed by atoms with Crippen LogP contribution in [0.4, 0.5) is 11.6 Å². The topological polar surface area (TPSA) is 29.0 Å². The first kappa shape index (κ1) is 25.6. The summed E-state index contributed by atoms with van der Waals surface area (Å²) < 4.78 is 10.6. The highest BCUT2D eigenvalue weighted by atomic mass is 32.1. The van der Waals surface area contributed by atoms with Gasteiger partial charge in [-0.25, -0.2) is 9.97 Å². The third-order valence-corrected chi connectivity index (χ3v) is 11.1. The molecule has 9 aromatic rings. The molecule has 0 bridgehead atoms. The smallest absolute Gasteiger partial charge is 0.231 e. The van der Waals surface area contributed by atoms with Gasteiger partial charge in [-0.3, -0.25) is 4.90 Å². The third-order valence-electron chi connectivity index (χ3n) is 9.89. The van der Waals surface area contributed by atoms with E-state index >= 15 is 0 Å². The molecule has 0 radical (unpaired) electrons. The van der Waals surface area contributed by atoms with E-state index in [9.17, 15) is 0 Å². The molecule has 0 amide bonds. The third kappa shape index (κ3) is 3.73. The summed E-state index contributed by atoms with van der Waals surface area (Å²) in [5, 5.41) is 8.48. The van der Waals surface area contributed by atoms with Gasteiger partial charge in [-0.05, 0) is 70.8 Å². The molecule has 47 heavy (non-hydrogen) atoms. The van der Waals surface area contributed by atoms with Gasteiger partial charge in [0.2, 0.25) is 5.95 Å². The van der Waals surface area contributed by atoms with Gasteiger partial charge in [0.25, 0.3) is 0 Å². The van der Waals surface area contributed by atoms with Gasteiger partial charge in [-0.1, -0.05) is 115 Å². The van der Waals surface area contributed by atoms with Crippen molar-refractivity contribution in [3.8, 4) is 22.4 Å². The molecule has 4 heteroatoms. The summed E-state index contributed by atoms with van der Waals surface area (Å²) in [5.74, 6) is 0.665. The largest absolute Gasteiger partial charge is 0.299 e. The Hall–Kier alpha value is -5.58. The molecular formula is C43H29N3S. The van der Waals surface area contributed by atoms with E-state index in [0.717, 1.165) is 27.8 Å². The molecule has 0 saturated heterocycles. The molecule has 10 rings (SSSR count). The van der Waals surface area contributed by atoms with Crippen LogP contribution in [-0.4, -0.2) is 9.97 Å². The highest BCUT2D eigenvalue weighted by Crippen LogP contribution is 2.58. The van der Waals surface area contributed by atoms with Gasteiger partial charge < -0.3 is 0 Å². The Bertz CT molecular complexity index is 2780. The van der Waals surface area contributed by atoms with E-state index in [1.54, 1.807) is 0 Å². The van der Waals surface area contributed by atoms with Crippen molar-refractivity contribution in [1.82, 2.24) is 9.97 Å². The lowest BCUT2D eigenvalue weighted by atomic mass is 9.77. The van der Waals surface area contributed by atoms with Crippen LogP contribution in [0.15, 0.2) is 140 Å². The number of thiophene rings is 1. The van der Waals surface area contributed by atoms with Crippen LogP contribution in [0.25, 0.3) is 75.0 Å². The zero-order valence-corrected chi connectivity index (χ0v) is 26.8. The van der Waals surface area contributed by atoms with Crippen molar-refractivity contribution >= 4 is 75.6 Å². The first-order valence-corrected chi connectivity index (χ1v) is 16.8. The number of benzene rings is 7. The first-order chi connectivity index (χ1) is 23.5. The van der Waals surface area contributed by atoms with E-state index in [-0.39, 0.29) is 0 Å². The molecule has 222 valence electrons. The molecule has 0 aliphatic carbocycles. The summed E-state index contributed by atoms with van der Waals surface area (Å²) in [6.07, 6.45) is 0. The molecule has 3 nitrogen and oxygen atoms in total. The molecule has 0 N–H and O–H groups in total. The average molecular weight is 621 g/mol. The maximum Gasteiger partial charge on any atom is 0.231 e. The number of nitrogens with zero attached hydrogens (tertiary/aromatic N) is 3. The van der Waals surface area contributed by atoms with Crippen molar-refractivity contribution < 1.29 is 1.37 Å². The van der Waals surface area contributed by atoms with Crippen LogP contribution in [0.2, 0.25) is 0 Å². The number of para-hydroxylation sites is 1. The van der Waals surface area contributed by atoms with Crippen LogP contribution in [0.1, 0.15) is 20.8 Å². The van der Waals surface area contributed by atoms with Gasteiger partial charge in [0, 0.05) is 32.0 Å². The molecule has 1 aliphatic heterocycles. The minimum absolute atomic E-state index is 0.478. The van der Waals surface area contributed by atoms with Gasteiger partial charge in [0.1, 0.15) is 0 Å². The Balaban J connectivity index is 1.40. The van der Waals surface area contributed by atoms with Crippen molar-refractivity contribution in [3.05, 3.63) is 145 Å². The van der Waals surface area contributed by atoms with E-state index in [0.29, 0.717) is 12.0 Å². The molecule has 1 aliphatic rings. The second-order valence-corrected chi connectivity index (χ2v) is 13.9.